The molecule has 3 aromatic heterocycles. The van der Waals surface area contributed by atoms with Gasteiger partial charge in [-0.2, -0.15) is 0 Å². The summed E-state index contributed by atoms with van der Waals surface area (Å²) in [6.07, 6.45) is 5.83. The number of carbonyl (C=O) groups is 1. The number of H-pyrrole nitrogens is 1. The molecular formula is C23H28N6O2. The van der Waals surface area contributed by atoms with Gasteiger partial charge in [-0.1, -0.05) is 0 Å². The molecule has 1 fully saturated rings. The minimum atomic E-state index is 0.0156. The van der Waals surface area contributed by atoms with Crippen LogP contribution in [0.15, 0.2) is 35.4 Å². The van der Waals surface area contributed by atoms with Gasteiger partial charge in [-0.05, 0) is 38.8 Å². The molecular weight excluding hydrogens is 392 g/mol. The Hall–Kier alpha value is -3.00. The van der Waals surface area contributed by atoms with Crippen LogP contribution in [0, 0.1) is 0 Å². The van der Waals surface area contributed by atoms with Crippen molar-refractivity contribution in [1.82, 2.24) is 29.4 Å². The van der Waals surface area contributed by atoms with E-state index in [4.69, 9.17) is 4.98 Å². The summed E-state index contributed by atoms with van der Waals surface area (Å²) >= 11 is 0. The van der Waals surface area contributed by atoms with Crippen LogP contribution in [-0.2, 0) is 13.0 Å². The molecule has 0 bridgehead atoms. The second-order valence-electron chi connectivity index (χ2n) is 8.86. The lowest BCUT2D eigenvalue weighted by Crippen LogP contribution is -2.40. The molecule has 0 saturated carbocycles. The minimum absolute atomic E-state index is 0.0156. The zero-order chi connectivity index (χ0) is 21.5. The van der Waals surface area contributed by atoms with Crippen molar-refractivity contribution in [3.05, 3.63) is 63.5 Å². The molecule has 0 radical (unpaired) electrons. The molecule has 1 amide bonds. The minimum Gasteiger partial charge on any atom is -0.339 e. The molecule has 1 N–H and O–H groups in total. The Kier molecular flexibility index (Phi) is 5.09. The first-order valence-electron chi connectivity index (χ1n) is 11.1. The van der Waals surface area contributed by atoms with Gasteiger partial charge in [0.1, 0.15) is 0 Å². The lowest BCUT2D eigenvalue weighted by atomic mass is 9.93. The first-order chi connectivity index (χ1) is 15.0. The van der Waals surface area contributed by atoms with Gasteiger partial charge >= 0.3 is 0 Å². The van der Waals surface area contributed by atoms with Gasteiger partial charge in [0, 0.05) is 74.3 Å². The summed E-state index contributed by atoms with van der Waals surface area (Å²) in [7, 11) is 0. The number of likely N-dealkylation sites (tertiary alicyclic amines) is 1. The zero-order valence-corrected chi connectivity index (χ0v) is 18.0. The molecule has 8 nitrogen and oxygen atoms in total. The molecule has 31 heavy (non-hydrogen) atoms. The van der Waals surface area contributed by atoms with Gasteiger partial charge in [0.15, 0.2) is 5.65 Å². The molecule has 0 unspecified atom stereocenters. The van der Waals surface area contributed by atoms with Crippen LogP contribution in [-0.4, -0.2) is 61.0 Å². The molecule has 3 aromatic rings. The Labute approximate surface area is 180 Å². The molecule has 0 atom stereocenters. The molecule has 1 saturated heterocycles. The van der Waals surface area contributed by atoms with Crippen molar-refractivity contribution in [1.29, 1.82) is 0 Å². The number of hydrogen-bond donors (Lipinski definition) is 1. The van der Waals surface area contributed by atoms with E-state index < -0.39 is 0 Å². The van der Waals surface area contributed by atoms with E-state index in [1.54, 1.807) is 29.0 Å². The largest absolute Gasteiger partial charge is 0.339 e. The summed E-state index contributed by atoms with van der Waals surface area (Å²) in [5.41, 5.74) is 4.17. The van der Waals surface area contributed by atoms with Crippen molar-refractivity contribution >= 4 is 11.6 Å². The molecule has 5 rings (SSSR count). The van der Waals surface area contributed by atoms with Crippen LogP contribution in [0.5, 0.6) is 0 Å². The third-order valence-corrected chi connectivity index (χ3v) is 6.69. The number of nitrogens with zero attached hydrogens (tertiary/aromatic N) is 5. The number of pyridine rings is 1. The standard InChI is InChI=1S/C23H28N6O2/c1-15(2)28-12-7-19-18(14-28)23(31)29-21(25-19)13-20(26-29)16-5-10-27(11-6-16)22(30)17-3-8-24-9-4-17/h3-4,8-9,13,15-16,26H,5-7,10-12,14H2,1-2H3. The third kappa shape index (κ3) is 3.65. The van der Waals surface area contributed by atoms with E-state index in [0.717, 1.165) is 42.8 Å². The van der Waals surface area contributed by atoms with Crippen molar-refractivity contribution in [2.75, 3.05) is 19.6 Å². The van der Waals surface area contributed by atoms with Gasteiger partial charge < -0.3 is 4.90 Å². The van der Waals surface area contributed by atoms with Crippen LogP contribution < -0.4 is 5.56 Å². The molecule has 8 heteroatoms. The van der Waals surface area contributed by atoms with Crippen molar-refractivity contribution in [2.24, 2.45) is 0 Å². The number of carbonyl (C=O) groups excluding carboxylic acids is 1. The number of aromatic amines is 1. The number of piperidine rings is 1. The third-order valence-electron chi connectivity index (χ3n) is 6.69. The quantitative estimate of drug-likeness (QED) is 0.702. The first-order valence-corrected chi connectivity index (χ1v) is 11.1. The predicted octanol–water partition coefficient (Wildman–Crippen LogP) is 2.20. The number of hydrogen-bond acceptors (Lipinski definition) is 5. The average molecular weight is 421 g/mol. The fourth-order valence-electron chi connectivity index (χ4n) is 4.74. The van der Waals surface area contributed by atoms with E-state index in [-0.39, 0.29) is 17.4 Å². The summed E-state index contributed by atoms with van der Waals surface area (Å²) in [6.45, 7) is 7.31. The maximum Gasteiger partial charge on any atom is 0.277 e. The number of fused-ring (bicyclic) bond motifs is 2. The summed E-state index contributed by atoms with van der Waals surface area (Å²) in [4.78, 5) is 38.8. The van der Waals surface area contributed by atoms with E-state index in [9.17, 15) is 9.59 Å². The lowest BCUT2D eigenvalue weighted by molar-refractivity contribution is 0.0712. The van der Waals surface area contributed by atoms with E-state index in [1.165, 1.54) is 0 Å². The van der Waals surface area contributed by atoms with E-state index in [0.29, 0.717) is 36.9 Å². The predicted molar refractivity (Wildman–Crippen MR) is 117 cm³/mol. The monoisotopic (exact) mass is 420 g/mol. The number of aromatic nitrogens is 4. The van der Waals surface area contributed by atoms with Crippen molar-refractivity contribution in [2.45, 2.75) is 51.6 Å². The van der Waals surface area contributed by atoms with Crippen LogP contribution in [0.1, 0.15) is 59.9 Å². The summed E-state index contributed by atoms with van der Waals surface area (Å²) < 4.78 is 1.60. The fourth-order valence-corrected chi connectivity index (χ4v) is 4.74. The Morgan fingerprint density at radius 1 is 1.16 bits per heavy atom. The van der Waals surface area contributed by atoms with Crippen LogP contribution in [0.25, 0.3) is 5.65 Å². The second-order valence-corrected chi connectivity index (χ2v) is 8.86. The van der Waals surface area contributed by atoms with Crippen molar-refractivity contribution in [3.8, 4) is 0 Å². The summed E-state index contributed by atoms with van der Waals surface area (Å²) in [5, 5.41) is 3.31. The number of nitrogens with one attached hydrogen (secondary N) is 1. The highest BCUT2D eigenvalue weighted by Crippen LogP contribution is 2.28. The molecule has 2 aliphatic rings. The van der Waals surface area contributed by atoms with E-state index in [1.807, 2.05) is 11.0 Å². The van der Waals surface area contributed by atoms with Crippen molar-refractivity contribution in [3.63, 3.8) is 0 Å². The molecule has 0 aromatic carbocycles. The highest BCUT2D eigenvalue weighted by molar-refractivity contribution is 5.94. The van der Waals surface area contributed by atoms with Gasteiger partial charge in [-0.15, -0.1) is 0 Å². The SMILES string of the molecule is CC(C)N1CCc2nc3cc(C4CCN(C(=O)c5ccncc5)CC4)[nH]n3c(=O)c2C1. The lowest BCUT2D eigenvalue weighted by Gasteiger charge is -2.31. The van der Waals surface area contributed by atoms with Crippen LogP contribution in [0.2, 0.25) is 0 Å². The fraction of sp³-hybridized carbons (Fsp3) is 0.478. The normalized spacial score (nSPS) is 18.0. The van der Waals surface area contributed by atoms with Gasteiger partial charge in [-0.3, -0.25) is 24.6 Å². The second kappa shape index (κ2) is 7.92. The summed E-state index contributed by atoms with van der Waals surface area (Å²) in [6, 6.07) is 5.94. The van der Waals surface area contributed by atoms with Gasteiger partial charge in [-0.25, -0.2) is 9.50 Å². The van der Waals surface area contributed by atoms with Gasteiger partial charge in [0.05, 0.1) is 11.3 Å². The van der Waals surface area contributed by atoms with E-state index >= 15 is 0 Å². The average Bonchev–Trinajstić information content (AvgIpc) is 3.23. The molecule has 2 aliphatic heterocycles. The molecule has 5 heterocycles. The maximum atomic E-state index is 13.1. The Bertz CT molecular complexity index is 1160. The van der Waals surface area contributed by atoms with Gasteiger partial charge in [0.25, 0.3) is 11.5 Å². The van der Waals surface area contributed by atoms with E-state index in [2.05, 4.69) is 28.8 Å². The molecule has 0 spiro atoms. The maximum absolute atomic E-state index is 13.1. The number of amides is 1. The first kappa shape index (κ1) is 19.9. The molecule has 0 aliphatic carbocycles. The van der Waals surface area contributed by atoms with Crippen molar-refractivity contribution < 1.29 is 4.79 Å². The highest BCUT2D eigenvalue weighted by atomic mass is 16.2. The van der Waals surface area contributed by atoms with Crippen LogP contribution in [0.4, 0.5) is 0 Å². The van der Waals surface area contributed by atoms with Gasteiger partial charge in [0.2, 0.25) is 0 Å². The van der Waals surface area contributed by atoms with Crippen LogP contribution in [0.3, 0.4) is 0 Å². The molecule has 162 valence electrons. The smallest absolute Gasteiger partial charge is 0.277 e. The number of rotatable bonds is 3. The Morgan fingerprint density at radius 2 is 1.90 bits per heavy atom. The zero-order valence-electron chi connectivity index (χ0n) is 18.0. The van der Waals surface area contributed by atoms with Crippen LogP contribution >= 0.6 is 0 Å². The highest BCUT2D eigenvalue weighted by Gasteiger charge is 2.28. The Morgan fingerprint density at radius 3 is 2.61 bits per heavy atom. The summed E-state index contributed by atoms with van der Waals surface area (Å²) in [5.74, 6) is 0.338. The Balaban J connectivity index is 1.34. The topological polar surface area (TPSA) is 86.6 Å².